The second-order valence-corrected chi connectivity index (χ2v) is 10.2. The van der Waals surface area contributed by atoms with E-state index in [9.17, 15) is 13.2 Å². The molecular formula is C22H26ClN3O3S. The second-order valence-electron chi connectivity index (χ2n) is 7.88. The Morgan fingerprint density at radius 1 is 1.00 bits per heavy atom. The van der Waals surface area contributed by atoms with Crippen molar-refractivity contribution >= 4 is 33.2 Å². The SMILES string of the molecule is Cc1ccc(S(=O)(=O)N2CCCC2C(=O)N2CCN(c3cccc(Cl)c3)CC2)cc1. The van der Waals surface area contributed by atoms with Gasteiger partial charge in [0, 0.05) is 43.4 Å². The van der Waals surface area contributed by atoms with Gasteiger partial charge >= 0.3 is 0 Å². The Bertz CT molecular complexity index is 1020. The number of aryl methyl sites for hydroxylation is 1. The number of rotatable bonds is 4. The first-order valence-corrected chi connectivity index (χ1v) is 12.1. The molecule has 30 heavy (non-hydrogen) atoms. The lowest BCUT2D eigenvalue weighted by Gasteiger charge is -2.38. The van der Waals surface area contributed by atoms with Gasteiger partial charge in [-0.25, -0.2) is 8.42 Å². The fourth-order valence-corrected chi connectivity index (χ4v) is 6.02. The molecule has 6 nitrogen and oxygen atoms in total. The first kappa shape index (κ1) is 21.2. The van der Waals surface area contributed by atoms with Gasteiger partial charge in [-0.05, 0) is 50.1 Å². The Balaban J connectivity index is 1.45. The van der Waals surface area contributed by atoms with Crippen molar-refractivity contribution in [2.45, 2.75) is 30.7 Å². The number of carbonyl (C=O) groups excluding carboxylic acids is 1. The molecule has 4 rings (SSSR count). The summed E-state index contributed by atoms with van der Waals surface area (Å²) >= 11 is 6.09. The van der Waals surface area contributed by atoms with Crippen LogP contribution < -0.4 is 4.90 Å². The van der Waals surface area contributed by atoms with Crippen molar-refractivity contribution in [1.29, 1.82) is 0 Å². The molecule has 0 radical (unpaired) electrons. The van der Waals surface area contributed by atoms with E-state index in [1.54, 1.807) is 29.2 Å². The number of amides is 1. The third-order valence-corrected chi connectivity index (χ3v) is 8.04. The van der Waals surface area contributed by atoms with E-state index < -0.39 is 16.1 Å². The van der Waals surface area contributed by atoms with Crippen LogP contribution in [-0.4, -0.2) is 62.3 Å². The molecule has 0 N–H and O–H groups in total. The zero-order chi connectivity index (χ0) is 21.3. The van der Waals surface area contributed by atoms with Crippen molar-refractivity contribution in [3.8, 4) is 0 Å². The molecule has 0 aliphatic carbocycles. The van der Waals surface area contributed by atoms with Crippen LogP contribution in [-0.2, 0) is 14.8 Å². The lowest BCUT2D eigenvalue weighted by Crippen LogP contribution is -2.54. The van der Waals surface area contributed by atoms with Gasteiger partial charge in [0.25, 0.3) is 0 Å². The molecule has 1 atom stereocenters. The maximum absolute atomic E-state index is 13.2. The average molecular weight is 448 g/mol. The van der Waals surface area contributed by atoms with Crippen molar-refractivity contribution in [2.24, 2.45) is 0 Å². The third kappa shape index (κ3) is 4.19. The molecule has 2 heterocycles. The van der Waals surface area contributed by atoms with Crippen molar-refractivity contribution in [3.63, 3.8) is 0 Å². The van der Waals surface area contributed by atoms with Crippen LogP contribution in [0.15, 0.2) is 53.4 Å². The predicted octanol–water partition coefficient (Wildman–Crippen LogP) is 3.15. The Hall–Kier alpha value is -2.09. The molecule has 0 spiro atoms. The van der Waals surface area contributed by atoms with Gasteiger partial charge in [-0.3, -0.25) is 4.79 Å². The number of sulfonamides is 1. The molecule has 2 aliphatic rings. The van der Waals surface area contributed by atoms with Crippen LogP contribution in [0, 0.1) is 6.92 Å². The molecule has 8 heteroatoms. The first-order chi connectivity index (χ1) is 14.4. The molecule has 2 saturated heterocycles. The van der Waals surface area contributed by atoms with Gasteiger partial charge in [0.1, 0.15) is 6.04 Å². The van der Waals surface area contributed by atoms with Gasteiger partial charge < -0.3 is 9.80 Å². The minimum atomic E-state index is -3.69. The van der Waals surface area contributed by atoms with Crippen molar-refractivity contribution < 1.29 is 13.2 Å². The molecule has 2 aromatic carbocycles. The molecule has 0 saturated carbocycles. The molecule has 2 aliphatic heterocycles. The minimum absolute atomic E-state index is 0.0890. The molecule has 2 fully saturated rings. The standard InChI is InChI=1S/C22H26ClN3O3S/c1-17-7-9-20(10-8-17)30(28,29)26-11-3-6-21(26)22(27)25-14-12-24(13-15-25)19-5-2-4-18(23)16-19/h2,4-5,7-10,16,21H,3,6,11-15H2,1H3. The third-order valence-electron chi connectivity index (χ3n) is 5.88. The highest BCUT2D eigenvalue weighted by Crippen LogP contribution is 2.28. The maximum atomic E-state index is 13.2. The molecule has 2 aromatic rings. The van der Waals surface area contributed by atoms with Crippen LogP contribution in [0.1, 0.15) is 18.4 Å². The van der Waals surface area contributed by atoms with Crippen LogP contribution in [0.25, 0.3) is 0 Å². The minimum Gasteiger partial charge on any atom is -0.368 e. The van der Waals surface area contributed by atoms with E-state index in [0.29, 0.717) is 50.6 Å². The normalized spacial score (nSPS) is 20.5. The molecule has 1 unspecified atom stereocenters. The summed E-state index contributed by atoms with van der Waals surface area (Å²) in [5.74, 6) is -0.0890. The van der Waals surface area contributed by atoms with Gasteiger partial charge in [-0.15, -0.1) is 0 Å². The van der Waals surface area contributed by atoms with E-state index >= 15 is 0 Å². The topological polar surface area (TPSA) is 60.9 Å². The molecule has 0 bridgehead atoms. The van der Waals surface area contributed by atoms with Crippen molar-refractivity contribution in [1.82, 2.24) is 9.21 Å². The number of halogens is 1. The van der Waals surface area contributed by atoms with Gasteiger partial charge in [0.15, 0.2) is 0 Å². The number of piperazine rings is 1. The van der Waals surface area contributed by atoms with Gasteiger partial charge in [0.05, 0.1) is 4.90 Å². The molecule has 160 valence electrons. The first-order valence-electron chi connectivity index (χ1n) is 10.2. The number of hydrogen-bond donors (Lipinski definition) is 0. The van der Waals surface area contributed by atoms with Crippen LogP contribution in [0.3, 0.4) is 0 Å². The Kier molecular flexibility index (Phi) is 6.04. The summed E-state index contributed by atoms with van der Waals surface area (Å²) in [4.78, 5) is 17.5. The number of nitrogens with zero attached hydrogens (tertiary/aromatic N) is 3. The van der Waals surface area contributed by atoms with E-state index in [1.165, 1.54) is 4.31 Å². The highest BCUT2D eigenvalue weighted by Gasteiger charge is 2.41. The van der Waals surface area contributed by atoms with Crippen LogP contribution in [0.5, 0.6) is 0 Å². The fraction of sp³-hybridized carbons (Fsp3) is 0.409. The Morgan fingerprint density at radius 3 is 2.37 bits per heavy atom. The smallest absolute Gasteiger partial charge is 0.243 e. The molecular weight excluding hydrogens is 422 g/mol. The van der Waals surface area contributed by atoms with Crippen LogP contribution in [0.2, 0.25) is 5.02 Å². The maximum Gasteiger partial charge on any atom is 0.243 e. The van der Waals surface area contributed by atoms with Crippen molar-refractivity contribution in [3.05, 3.63) is 59.1 Å². The number of benzene rings is 2. The monoisotopic (exact) mass is 447 g/mol. The zero-order valence-corrected chi connectivity index (χ0v) is 18.6. The molecule has 0 aromatic heterocycles. The fourth-order valence-electron chi connectivity index (χ4n) is 4.19. The Labute approximate surface area is 183 Å². The highest BCUT2D eigenvalue weighted by atomic mass is 35.5. The van der Waals surface area contributed by atoms with Gasteiger partial charge in [-0.2, -0.15) is 4.31 Å². The largest absolute Gasteiger partial charge is 0.368 e. The second kappa shape index (κ2) is 8.57. The van der Waals surface area contributed by atoms with E-state index in [-0.39, 0.29) is 10.8 Å². The van der Waals surface area contributed by atoms with Gasteiger partial charge in [-0.1, -0.05) is 35.4 Å². The summed E-state index contributed by atoms with van der Waals surface area (Å²) in [7, 11) is -3.69. The summed E-state index contributed by atoms with van der Waals surface area (Å²) in [6, 6.07) is 13.9. The summed E-state index contributed by atoms with van der Waals surface area (Å²) in [6.45, 7) is 4.84. The van der Waals surface area contributed by atoms with Crippen LogP contribution in [0.4, 0.5) is 5.69 Å². The summed E-state index contributed by atoms with van der Waals surface area (Å²) in [5, 5.41) is 0.689. The van der Waals surface area contributed by atoms with E-state index in [4.69, 9.17) is 11.6 Å². The lowest BCUT2D eigenvalue weighted by atomic mass is 10.1. The van der Waals surface area contributed by atoms with E-state index in [0.717, 1.165) is 11.3 Å². The summed E-state index contributed by atoms with van der Waals surface area (Å²) in [6.07, 6.45) is 1.27. The van der Waals surface area contributed by atoms with E-state index in [2.05, 4.69) is 4.90 Å². The summed E-state index contributed by atoms with van der Waals surface area (Å²) < 4.78 is 27.7. The highest BCUT2D eigenvalue weighted by molar-refractivity contribution is 7.89. The molecule has 1 amide bonds. The number of carbonyl (C=O) groups is 1. The van der Waals surface area contributed by atoms with Crippen LogP contribution >= 0.6 is 11.6 Å². The van der Waals surface area contributed by atoms with Gasteiger partial charge in [0.2, 0.25) is 15.9 Å². The van der Waals surface area contributed by atoms with E-state index in [1.807, 2.05) is 31.2 Å². The summed E-state index contributed by atoms with van der Waals surface area (Å²) in [5.41, 5.74) is 2.04. The lowest BCUT2D eigenvalue weighted by molar-refractivity contribution is -0.134. The average Bonchev–Trinajstić information content (AvgIpc) is 3.24. The number of hydrogen-bond acceptors (Lipinski definition) is 4. The quantitative estimate of drug-likeness (QED) is 0.722. The van der Waals surface area contributed by atoms with Crippen molar-refractivity contribution in [2.75, 3.05) is 37.6 Å². The Morgan fingerprint density at radius 2 is 1.70 bits per heavy atom. The predicted molar refractivity (Wildman–Crippen MR) is 118 cm³/mol. The number of anilines is 1. The zero-order valence-electron chi connectivity index (χ0n) is 17.0.